The highest BCUT2D eigenvalue weighted by atomic mass is 35.5. The van der Waals surface area contributed by atoms with Crippen molar-refractivity contribution in [2.45, 2.75) is 0 Å². The van der Waals surface area contributed by atoms with Gasteiger partial charge in [0.05, 0.1) is 5.69 Å². The van der Waals surface area contributed by atoms with Gasteiger partial charge in [0.1, 0.15) is 0 Å². The van der Waals surface area contributed by atoms with E-state index in [-0.39, 0.29) is 5.91 Å². The van der Waals surface area contributed by atoms with Gasteiger partial charge in [-0.1, -0.05) is 29.8 Å². The first kappa shape index (κ1) is 12.2. The van der Waals surface area contributed by atoms with Gasteiger partial charge in [-0.25, -0.2) is 0 Å². The summed E-state index contributed by atoms with van der Waals surface area (Å²) in [5.74, 6) is -0.0974. The van der Waals surface area contributed by atoms with Gasteiger partial charge in [0, 0.05) is 33.3 Å². The Bertz CT molecular complexity index is 908. The molecule has 21 heavy (non-hydrogen) atoms. The highest BCUT2D eigenvalue weighted by Gasteiger charge is 2.24. The van der Waals surface area contributed by atoms with E-state index >= 15 is 0 Å². The van der Waals surface area contributed by atoms with Gasteiger partial charge in [-0.05, 0) is 35.9 Å². The van der Waals surface area contributed by atoms with Gasteiger partial charge < -0.3 is 10.3 Å². The van der Waals surface area contributed by atoms with Crippen molar-refractivity contribution in [2.24, 2.45) is 0 Å². The molecule has 2 heterocycles. The molecule has 2 aromatic carbocycles. The van der Waals surface area contributed by atoms with Crippen molar-refractivity contribution in [1.29, 1.82) is 0 Å². The van der Waals surface area contributed by atoms with E-state index < -0.39 is 0 Å². The number of amides is 1. The molecule has 4 heteroatoms. The number of carbonyl (C=O) groups is 1. The highest BCUT2D eigenvalue weighted by molar-refractivity contribution is 6.36. The second kappa shape index (κ2) is 4.50. The molecule has 0 spiro atoms. The number of aromatic amines is 1. The number of hydrogen-bond donors (Lipinski definition) is 2. The average Bonchev–Trinajstić information content (AvgIpc) is 3.04. The van der Waals surface area contributed by atoms with Crippen molar-refractivity contribution in [2.75, 3.05) is 5.32 Å². The maximum atomic E-state index is 12.2. The largest absolute Gasteiger partial charge is 0.361 e. The number of aromatic nitrogens is 1. The van der Waals surface area contributed by atoms with Crippen molar-refractivity contribution in [1.82, 2.24) is 4.98 Å². The molecule has 0 radical (unpaired) electrons. The van der Waals surface area contributed by atoms with Crippen LogP contribution in [0.2, 0.25) is 5.02 Å². The third-order valence-corrected chi connectivity index (χ3v) is 3.93. The number of nitrogens with one attached hydrogen (secondary N) is 2. The lowest BCUT2D eigenvalue weighted by molar-refractivity contribution is -0.110. The third-order valence-electron chi connectivity index (χ3n) is 3.69. The minimum Gasteiger partial charge on any atom is -0.361 e. The summed E-state index contributed by atoms with van der Waals surface area (Å²) in [6.07, 6.45) is 3.82. The van der Waals surface area contributed by atoms with Crippen LogP contribution in [0, 0.1) is 0 Å². The maximum absolute atomic E-state index is 12.2. The number of carbonyl (C=O) groups excluding carboxylic acids is 1. The van der Waals surface area contributed by atoms with Crippen LogP contribution in [0.3, 0.4) is 0 Å². The zero-order valence-corrected chi connectivity index (χ0v) is 11.7. The molecule has 2 N–H and O–H groups in total. The molecular weight excluding hydrogens is 284 g/mol. The Hall–Kier alpha value is -2.52. The molecule has 3 aromatic rings. The second-order valence-electron chi connectivity index (χ2n) is 4.99. The Balaban J connectivity index is 1.91. The molecule has 0 fully saturated rings. The van der Waals surface area contributed by atoms with Crippen LogP contribution in [0.15, 0.2) is 48.7 Å². The Labute approximate surface area is 126 Å². The lowest BCUT2D eigenvalue weighted by Crippen LogP contribution is -2.03. The Morgan fingerprint density at radius 1 is 1.10 bits per heavy atom. The van der Waals surface area contributed by atoms with Gasteiger partial charge in [0.25, 0.3) is 5.91 Å². The second-order valence-corrected chi connectivity index (χ2v) is 5.42. The van der Waals surface area contributed by atoms with Crippen LogP contribution in [0.5, 0.6) is 0 Å². The van der Waals surface area contributed by atoms with Crippen molar-refractivity contribution < 1.29 is 4.79 Å². The van der Waals surface area contributed by atoms with E-state index in [2.05, 4.69) is 10.3 Å². The van der Waals surface area contributed by atoms with Crippen LogP contribution in [-0.2, 0) is 4.79 Å². The Morgan fingerprint density at radius 3 is 2.90 bits per heavy atom. The molecule has 0 saturated carbocycles. The van der Waals surface area contributed by atoms with Crippen LogP contribution in [-0.4, -0.2) is 10.9 Å². The van der Waals surface area contributed by atoms with E-state index in [9.17, 15) is 4.79 Å². The predicted octanol–water partition coefficient (Wildman–Crippen LogP) is 4.31. The Morgan fingerprint density at radius 2 is 2.00 bits per heavy atom. The summed E-state index contributed by atoms with van der Waals surface area (Å²) >= 11 is 5.97. The van der Waals surface area contributed by atoms with E-state index in [0.717, 1.165) is 27.7 Å². The molecular formula is C17H11ClN2O. The molecule has 3 nitrogen and oxygen atoms in total. The molecule has 0 atom stereocenters. The van der Waals surface area contributed by atoms with Crippen molar-refractivity contribution >= 4 is 45.7 Å². The van der Waals surface area contributed by atoms with Gasteiger partial charge >= 0.3 is 0 Å². The van der Waals surface area contributed by atoms with Crippen molar-refractivity contribution in [3.63, 3.8) is 0 Å². The fourth-order valence-corrected chi connectivity index (χ4v) is 2.87. The van der Waals surface area contributed by atoms with E-state index in [0.29, 0.717) is 10.6 Å². The summed E-state index contributed by atoms with van der Waals surface area (Å²) in [6.45, 7) is 0. The van der Waals surface area contributed by atoms with Crippen LogP contribution in [0.25, 0.3) is 22.6 Å². The molecule has 1 aromatic heterocycles. The highest BCUT2D eigenvalue weighted by Crippen LogP contribution is 2.35. The maximum Gasteiger partial charge on any atom is 0.256 e. The van der Waals surface area contributed by atoms with E-state index in [4.69, 9.17) is 11.6 Å². The summed E-state index contributed by atoms with van der Waals surface area (Å²) in [5.41, 5.74) is 4.38. The van der Waals surface area contributed by atoms with Crippen LogP contribution in [0.4, 0.5) is 5.69 Å². The monoisotopic (exact) mass is 294 g/mol. The molecule has 1 aliphatic rings. The lowest BCUT2D eigenvalue weighted by atomic mass is 10.0. The van der Waals surface area contributed by atoms with Gasteiger partial charge in [-0.2, -0.15) is 0 Å². The zero-order chi connectivity index (χ0) is 14.4. The summed E-state index contributed by atoms with van der Waals surface area (Å²) in [5, 5.41) is 4.56. The third kappa shape index (κ3) is 1.94. The average molecular weight is 295 g/mol. The molecule has 102 valence electrons. The summed E-state index contributed by atoms with van der Waals surface area (Å²) in [6, 6.07) is 13.4. The first-order chi connectivity index (χ1) is 10.2. The molecule has 0 saturated heterocycles. The van der Waals surface area contributed by atoms with Gasteiger partial charge in [-0.3, -0.25) is 4.79 Å². The number of fused-ring (bicyclic) bond motifs is 2. The number of benzene rings is 2. The minimum atomic E-state index is -0.0974. The fraction of sp³-hybridized carbons (Fsp3) is 0. The van der Waals surface area contributed by atoms with Crippen molar-refractivity contribution in [3.05, 3.63) is 64.8 Å². The summed E-state index contributed by atoms with van der Waals surface area (Å²) in [4.78, 5) is 15.4. The van der Waals surface area contributed by atoms with E-state index in [1.807, 2.05) is 42.6 Å². The minimum absolute atomic E-state index is 0.0974. The van der Waals surface area contributed by atoms with E-state index in [1.54, 1.807) is 12.1 Å². The van der Waals surface area contributed by atoms with E-state index in [1.165, 1.54) is 0 Å². The smallest absolute Gasteiger partial charge is 0.256 e. The normalized spacial score (nSPS) is 15.5. The van der Waals surface area contributed by atoms with Crippen LogP contribution in [0.1, 0.15) is 11.1 Å². The van der Waals surface area contributed by atoms with Crippen LogP contribution < -0.4 is 5.32 Å². The molecule has 0 aliphatic carbocycles. The summed E-state index contributed by atoms with van der Waals surface area (Å²) in [7, 11) is 0. The standard InChI is InChI=1S/C17H11ClN2O/c18-11-4-5-13-14(17(21)20-16(13)9-11)8-10-2-1-3-15-12(10)6-7-19-15/h1-9,19H,(H,20,21)/b14-8-. The first-order valence-electron chi connectivity index (χ1n) is 6.61. The zero-order valence-electron chi connectivity index (χ0n) is 11.0. The van der Waals surface area contributed by atoms with Gasteiger partial charge in [0.2, 0.25) is 0 Å². The number of rotatable bonds is 1. The first-order valence-corrected chi connectivity index (χ1v) is 6.99. The number of anilines is 1. The van der Waals surface area contributed by atoms with Gasteiger partial charge in [-0.15, -0.1) is 0 Å². The summed E-state index contributed by atoms with van der Waals surface area (Å²) < 4.78 is 0. The van der Waals surface area contributed by atoms with Crippen LogP contribution >= 0.6 is 11.6 Å². The topological polar surface area (TPSA) is 44.9 Å². The van der Waals surface area contributed by atoms with Crippen molar-refractivity contribution in [3.8, 4) is 0 Å². The number of halogens is 1. The molecule has 1 amide bonds. The molecule has 4 rings (SSSR count). The SMILES string of the molecule is O=C1Nc2cc(Cl)ccc2/C1=C/c1cccc2[nH]ccc12. The lowest BCUT2D eigenvalue weighted by Gasteiger charge is -2.01. The molecule has 0 bridgehead atoms. The molecule has 0 unspecified atom stereocenters. The quantitative estimate of drug-likeness (QED) is 0.645. The Kier molecular flexibility index (Phi) is 2.62. The van der Waals surface area contributed by atoms with Gasteiger partial charge in [0.15, 0.2) is 0 Å². The molecule has 1 aliphatic heterocycles. The fourth-order valence-electron chi connectivity index (χ4n) is 2.70. The number of hydrogen-bond acceptors (Lipinski definition) is 1. The predicted molar refractivity (Wildman–Crippen MR) is 86.3 cm³/mol. The number of H-pyrrole nitrogens is 1.